The summed E-state index contributed by atoms with van der Waals surface area (Å²) in [5.41, 5.74) is 4.14. The lowest BCUT2D eigenvalue weighted by molar-refractivity contribution is -0.143. The minimum Gasteiger partial charge on any atom is -0.466 e. The van der Waals surface area contributed by atoms with Crippen LogP contribution in [0.2, 0.25) is 0 Å². The number of aromatic nitrogens is 1. The van der Waals surface area contributed by atoms with Gasteiger partial charge in [-0.1, -0.05) is 24.3 Å². The van der Waals surface area contributed by atoms with Crippen LogP contribution in [0.5, 0.6) is 0 Å². The second kappa shape index (κ2) is 10.4. The van der Waals surface area contributed by atoms with Crippen molar-refractivity contribution in [2.24, 2.45) is 0 Å². The number of nitrogens with zero attached hydrogens (tertiary/aromatic N) is 1. The first-order chi connectivity index (χ1) is 12.9. The van der Waals surface area contributed by atoms with Crippen LogP contribution < -0.4 is 4.72 Å². The second-order valence-electron chi connectivity index (χ2n) is 6.08. The molecule has 0 saturated carbocycles. The number of aryl methyl sites for hydroxylation is 1. The number of hydrogen-bond donors (Lipinski definition) is 1. The molecule has 27 heavy (non-hydrogen) atoms. The highest BCUT2D eigenvalue weighted by Crippen LogP contribution is 2.17. The Morgan fingerprint density at radius 3 is 2.48 bits per heavy atom. The standard InChI is InChI=1S/C19H23ClN2O4S/c1-2-26-19(23)6-5-15-10-16(7-9-22-27(20,24)25)12-18(11-15)13-17-4-3-8-21-14-17/h3-4,8,10-12,14,22H,2,5-7,9,13H2,1H3. The van der Waals surface area contributed by atoms with Gasteiger partial charge in [-0.05, 0) is 54.5 Å². The van der Waals surface area contributed by atoms with Crippen molar-refractivity contribution in [1.29, 1.82) is 0 Å². The van der Waals surface area contributed by atoms with Gasteiger partial charge in [0, 0.05) is 36.0 Å². The molecule has 2 rings (SSSR count). The van der Waals surface area contributed by atoms with E-state index >= 15 is 0 Å². The van der Waals surface area contributed by atoms with Crippen molar-refractivity contribution in [1.82, 2.24) is 9.71 Å². The summed E-state index contributed by atoms with van der Waals surface area (Å²) in [5, 5.41) is 0. The van der Waals surface area contributed by atoms with Crippen molar-refractivity contribution < 1.29 is 17.9 Å². The number of hydrogen-bond acceptors (Lipinski definition) is 5. The summed E-state index contributed by atoms with van der Waals surface area (Å²) in [7, 11) is 1.45. The number of carbonyl (C=O) groups is 1. The number of carbonyl (C=O) groups excluding carboxylic acids is 1. The van der Waals surface area contributed by atoms with Gasteiger partial charge in [-0.15, -0.1) is 0 Å². The van der Waals surface area contributed by atoms with Crippen LogP contribution in [0.1, 0.15) is 35.6 Å². The predicted molar refractivity (Wildman–Crippen MR) is 105 cm³/mol. The van der Waals surface area contributed by atoms with Gasteiger partial charge in [-0.3, -0.25) is 9.78 Å². The van der Waals surface area contributed by atoms with E-state index in [4.69, 9.17) is 15.4 Å². The molecule has 146 valence electrons. The quantitative estimate of drug-likeness (QED) is 0.481. The third-order valence-corrected chi connectivity index (χ3v) is 4.73. The molecule has 1 N–H and O–H groups in total. The molecular formula is C19H23ClN2O4S. The van der Waals surface area contributed by atoms with Gasteiger partial charge < -0.3 is 4.74 Å². The molecule has 0 spiro atoms. The van der Waals surface area contributed by atoms with Crippen LogP contribution in [0, 0.1) is 0 Å². The molecule has 1 heterocycles. The maximum absolute atomic E-state index is 11.6. The van der Waals surface area contributed by atoms with Gasteiger partial charge in [0.2, 0.25) is 0 Å². The highest BCUT2D eigenvalue weighted by molar-refractivity contribution is 8.12. The Morgan fingerprint density at radius 1 is 1.15 bits per heavy atom. The molecule has 8 heteroatoms. The molecule has 0 aliphatic heterocycles. The minimum atomic E-state index is -3.74. The highest BCUT2D eigenvalue weighted by atomic mass is 35.7. The largest absolute Gasteiger partial charge is 0.466 e. The summed E-state index contributed by atoms with van der Waals surface area (Å²) in [6.45, 7) is 2.35. The maximum atomic E-state index is 11.6. The molecule has 0 radical (unpaired) electrons. The molecule has 0 unspecified atom stereocenters. The van der Waals surface area contributed by atoms with E-state index in [-0.39, 0.29) is 12.5 Å². The molecule has 0 saturated heterocycles. The molecule has 0 bridgehead atoms. The average Bonchev–Trinajstić information content (AvgIpc) is 2.60. The van der Waals surface area contributed by atoms with Crippen LogP contribution in [-0.4, -0.2) is 32.5 Å². The van der Waals surface area contributed by atoms with Crippen LogP contribution in [0.4, 0.5) is 0 Å². The number of benzene rings is 1. The van der Waals surface area contributed by atoms with E-state index < -0.39 is 9.24 Å². The summed E-state index contributed by atoms with van der Waals surface area (Å²) >= 11 is 0. The summed E-state index contributed by atoms with van der Waals surface area (Å²) < 4.78 is 29.3. The number of nitrogens with one attached hydrogen (secondary N) is 1. The Morgan fingerprint density at radius 2 is 1.85 bits per heavy atom. The minimum absolute atomic E-state index is 0.208. The van der Waals surface area contributed by atoms with E-state index in [9.17, 15) is 13.2 Å². The highest BCUT2D eigenvalue weighted by Gasteiger charge is 2.08. The van der Waals surface area contributed by atoms with Gasteiger partial charge in [0.15, 0.2) is 0 Å². The predicted octanol–water partition coefficient (Wildman–Crippen LogP) is 2.78. The molecule has 6 nitrogen and oxygen atoms in total. The molecule has 0 aliphatic rings. The van der Waals surface area contributed by atoms with Gasteiger partial charge in [0.1, 0.15) is 0 Å². The third-order valence-electron chi connectivity index (χ3n) is 3.85. The van der Waals surface area contributed by atoms with E-state index in [0.717, 1.165) is 22.3 Å². The normalized spacial score (nSPS) is 11.3. The van der Waals surface area contributed by atoms with Crippen molar-refractivity contribution in [2.45, 2.75) is 32.6 Å². The van der Waals surface area contributed by atoms with Crippen molar-refractivity contribution in [3.05, 3.63) is 65.0 Å². The molecule has 0 aliphatic carbocycles. The lowest BCUT2D eigenvalue weighted by Crippen LogP contribution is -2.21. The number of esters is 1. The molecule has 1 aromatic heterocycles. The Hall–Kier alpha value is -1.96. The maximum Gasteiger partial charge on any atom is 0.306 e. The van der Waals surface area contributed by atoms with Crippen LogP contribution in [-0.2, 0) is 38.0 Å². The Kier molecular flexibility index (Phi) is 8.22. The van der Waals surface area contributed by atoms with Gasteiger partial charge in [0.05, 0.1) is 6.61 Å². The molecule has 0 amide bonds. The number of halogens is 1. The zero-order valence-electron chi connectivity index (χ0n) is 15.2. The fourth-order valence-electron chi connectivity index (χ4n) is 2.77. The summed E-state index contributed by atoms with van der Waals surface area (Å²) in [5.74, 6) is -0.230. The Labute approximate surface area is 164 Å². The molecule has 2 aromatic rings. The topological polar surface area (TPSA) is 85.4 Å². The lowest BCUT2D eigenvalue weighted by Gasteiger charge is -2.10. The third kappa shape index (κ3) is 8.51. The summed E-state index contributed by atoms with van der Waals surface area (Å²) in [6, 6.07) is 9.95. The first-order valence-electron chi connectivity index (χ1n) is 8.71. The number of rotatable bonds is 10. The smallest absolute Gasteiger partial charge is 0.306 e. The van der Waals surface area contributed by atoms with Crippen LogP contribution in [0.25, 0.3) is 0 Å². The Bertz CT molecular complexity index is 857. The first-order valence-corrected chi connectivity index (χ1v) is 11.0. The second-order valence-corrected chi connectivity index (χ2v) is 8.47. The van der Waals surface area contributed by atoms with Crippen molar-refractivity contribution in [3.63, 3.8) is 0 Å². The SMILES string of the molecule is CCOC(=O)CCc1cc(CCNS(=O)(=O)Cl)cc(Cc2cccnc2)c1. The van der Waals surface area contributed by atoms with Crippen molar-refractivity contribution in [3.8, 4) is 0 Å². The Balaban J connectivity index is 2.14. The van der Waals surface area contributed by atoms with Crippen LogP contribution in [0.3, 0.4) is 0 Å². The van der Waals surface area contributed by atoms with E-state index in [1.807, 2.05) is 30.5 Å². The van der Waals surface area contributed by atoms with E-state index in [1.54, 1.807) is 13.1 Å². The summed E-state index contributed by atoms with van der Waals surface area (Å²) in [4.78, 5) is 15.8. The monoisotopic (exact) mass is 410 g/mol. The van der Waals surface area contributed by atoms with Gasteiger partial charge >= 0.3 is 5.97 Å². The number of pyridine rings is 1. The van der Waals surface area contributed by atoms with Gasteiger partial charge in [-0.2, -0.15) is 8.42 Å². The fourth-order valence-corrected chi connectivity index (χ4v) is 3.34. The average molecular weight is 411 g/mol. The molecule has 0 atom stereocenters. The van der Waals surface area contributed by atoms with Crippen LogP contribution in [0.15, 0.2) is 42.7 Å². The number of ether oxygens (including phenoxy) is 1. The molecule has 0 fully saturated rings. The van der Waals surface area contributed by atoms with E-state index in [2.05, 4.69) is 15.8 Å². The fraction of sp³-hybridized carbons (Fsp3) is 0.368. The zero-order chi connectivity index (χ0) is 19.7. The van der Waals surface area contributed by atoms with E-state index in [1.165, 1.54) is 0 Å². The molecular weight excluding hydrogens is 388 g/mol. The van der Waals surface area contributed by atoms with Crippen molar-refractivity contribution in [2.75, 3.05) is 13.2 Å². The van der Waals surface area contributed by atoms with Crippen LogP contribution >= 0.6 is 10.7 Å². The first kappa shape index (κ1) is 21.3. The molecule has 1 aromatic carbocycles. The van der Waals surface area contributed by atoms with Gasteiger partial charge in [0.25, 0.3) is 9.24 Å². The zero-order valence-corrected chi connectivity index (χ0v) is 16.7. The van der Waals surface area contributed by atoms with E-state index in [0.29, 0.717) is 32.3 Å². The summed E-state index contributed by atoms with van der Waals surface area (Å²) in [6.07, 6.45) is 5.61. The van der Waals surface area contributed by atoms with Gasteiger partial charge in [-0.25, -0.2) is 4.72 Å². The van der Waals surface area contributed by atoms with Crippen molar-refractivity contribution >= 4 is 25.9 Å². The lowest BCUT2D eigenvalue weighted by atomic mass is 9.97.